The molecule has 0 aromatic carbocycles. The van der Waals surface area contributed by atoms with Gasteiger partial charge in [-0.3, -0.25) is 0 Å². The van der Waals surface area contributed by atoms with Crippen molar-refractivity contribution in [3.63, 3.8) is 0 Å². The molecule has 1 atom stereocenters. The minimum atomic E-state index is -0.652. The lowest BCUT2D eigenvalue weighted by molar-refractivity contribution is 0.0363. The molecule has 2 nitrogen and oxygen atoms in total. The maximum Gasteiger partial charge on any atom is 0.109 e. The third-order valence-electron chi connectivity index (χ3n) is 2.39. The van der Waals surface area contributed by atoms with Crippen LogP contribution in [-0.2, 0) is 12.0 Å². The largest absolute Gasteiger partial charge is 0.469 e. The summed E-state index contributed by atoms with van der Waals surface area (Å²) < 4.78 is 5.23. The van der Waals surface area contributed by atoms with Crippen LogP contribution in [0, 0.1) is 0 Å². The number of aliphatic hydroxyl groups is 1. The molecule has 2 heteroatoms. The van der Waals surface area contributed by atoms with Crippen molar-refractivity contribution in [1.82, 2.24) is 0 Å². The van der Waals surface area contributed by atoms with E-state index in [9.17, 15) is 5.11 Å². The third-order valence-corrected chi connectivity index (χ3v) is 2.39. The summed E-state index contributed by atoms with van der Waals surface area (Å²) >= 11 is 0. The molecule has 1 heterocycles. The van der Waals surface area contributed by atoms with Crippen molar-refractivity contribution in [1.29, 1.82) is 0 Å². The molecule has 1 aliphatic carbocycles. The van der Waals surface area contributed by atoms with Crippen molar-refractivity contribution in [2.75, 3.05) is 0 Å². The molecular weight excluding hydrogens is 140 g/mol. The fourth-order valence-electron chi connectivity index (χ4n) is 1.74. The summed E-state index contributed by atoms with van der Waals surface area (Å²) in [6, 6.07) is 1.87. The summed E-state index contributed by atoms with van der Waals surface area (Å²) in [6.45, 7) is 1.85. The normalized spacial score (nSPS) is 30.0. The lowest BCUT2D eigenvalue weighted by Crippen LogP contribution is -2.25. The van der Waals surface area contributed by atoms with Gasteiger partial charge in [-0.1, -0.05) is 0 Å². The molecule has 0 aliphatic heterocycles. The summed E-state index contributed by atoms with van der Waals surface area (Å²) in [5.41, 5.74) is 0.323. The summed E-state index contributed by atoms with van der Waals surface area (Å²) in [4.78, 5) is 0. The van der Waals surface area contributed by atoms with Crippen molar-refractivity contribution in [3.8, 4) is 0 Å². The van der Waals surface area contributed by atoms with Gasteiger partial charge in [0.2, 0.25) is 0 Å². The molecule has 0 saturated carbocycles. The Kier molecular flexibility index (Phi) is 1.33. The van der Waals surface area contributed by atoms with Crippen LogP contribution in [0.4, 0.5) is 0 Å². The zero-order valence-electron chi connectivity index (χ0n) is 6.63. The molecule has 0 amide bonds. The molecule has 0 bridgehead atoms. The number of hydrogen-bond donors (Lipinski definition) is 1. The number of fused-ring (bicyclic) bond motifs is 1. The van der Waals surface area contributed by atoms with E-state index in [2.05, 4.69) is 0 Å². The van der Waals surface area contributed by atoms with E-state index in [0.29, 0.717) is 0 Å². The Bertz CT molecular complexity index is 260. The van der Waals surface area contributed by atoms with E-state index in [1.165, 1.54) is 0 Å². The molecule has 0 spiro atoms. The first-order chi connectivity index (χ1) is 5.20. The fourth-order valence-corrected chi connectivity index (χ4v) is 1.74. The van der Waals surface area contributed by atoms with Gasteiger partial charge in [0.1, 0.15) is 5.76 Å². The predicted octanol–water partition coefficient (Wildman–Crippen LogP) is 1.82. The first-order valence-corrected chi connectivity index (χ1v) is 3.99. The first-order valence-electron chi connectivity index (χ1n) is 3.99. The van der Waals surface area contributed by atoms with Crippen LogP contribution in [0.2, 0.25) is 0 Å². The van der Waals surface area contributed by atoms with Gasteiger partial charge in [-0.15, -0.1) is 0 Å². The van der Waals surface area contributed by atoms with Crippen molar-refractivity contribution in [3.05, 3.63) is 23.7 Å². The summed E-state index contributed by atoms with van der Waals surface area (Å²) in [6.07, 6.45) is 4.50. The first kappa shape index (κ1) is 6.92. The molecule has 1 aromatic rings. The maximum absolute atomic E-state index is 9.86. The Labute approximate surface area is 65.8 Å². The van der Waals surface area contributed by atoms with Crippen LogP contribution in [-0.4, -0.2) is 5.11 Å². The van der Waals surface area contributed by atoms with Crippen molar-refractivity contribution in [2.45, 2.75) is 31.8 Å². The van der Waals surface area contributed by atoms with Gasteiger partial charge in [-0.2, -0.15) is 0 Å². The zero-order valence-corrected chi connectivity index (χ0v) is 6.63. The number of furan rings is 1. The molecule has 0 saturated heterocycles. The molecule has 2 rings (SSSR count). The van der Waals surface area contributed by atoms with Crippen LogP contribution < -0.4 is 0 Å². The van der Waals surface area contributed by atoms with Gasteiger partial charge >= 0.3 is 0 Å². The highest BCUT2D eigenvalue weighted by Gasteiger charge is 2.31. The Morgan fingerprint density at radius 2 is 2.45 bits per heavy atom. The molecule has 0 radical (unpaired) electrons. The van der Waals surface area contributed by atoms with Crippen LogP contribution in [0.25, 0.3) is 0 Å². The topological polar surface area (TPSA) is 33.4 Å². The van der Waals surface area contributed by atoms with Gasteiger partial charge in [-0.25, -0.2) is 0 Å². The van der Waals surface area contributed by atoms with Crippen molar-refractivity contribution < 1.29 is 9.52 Å². The van der Waals surface area contributed by atoms with E-state index in [4.69, 9.17) is 4.42 Å². The Morgan fingerprint density at radius 3 is 3.18 bits per heavy atom. The molecule has 1 aromatic heterocycles. The van der Waals surface area contributed by atoms with Gasteiger partial charge < -0.3 is 9.52 Å². The molecule has 11 heavy (non-hydrogen) atoms. The van der Waals surface area contributed by atoms with Crippen LogP contribution >= 0.6 is 0 Å². The van der Waals surface area contributed by atoms with Gasteiger partial charge in [0.15, 0.2) is 0 Å². The second-order valence-corrected chi connectivity index (χ2v) is 3.38. The van der Waals surface area contributed by atoms with Crippen LogP contribution in [0.3, 0.4) is 0 Å². The third kappa shape index (κ3) is 0.979. The zero-order chi connectivity index (χ0) is 7.90. The molecule has 60 valence electrons. The Morgan fingerprint density at radius 1 is 1.64 bits per heavy atom. The van der Waals surface area contributed by atoms with E-state index in [1.54, 1.807) is 6.26 Å². The average Bonchev–Trinajstić information content (AvgIpc) is 2.34. The van der Waals surface area contributed by atoms with Gasteiger partial charge in [0, 0.05) is 12.0 Å². The fraction of sp³-hybridized carbons (Fsp3) is 0.556. The molecular formula is C9H12O2. The highest BCUT2D eigenvalue weighted by atomic mass is 16.3. The Hall–Kier alpha value is -0.760. The van der Waals surface area contributed by atoms with Gasteiger partial charge in [0.25, 0.3) is 0 Å². The number of aryl methyl sites for hydroxylation is 1. The molecule has 1 aliphatic rings. The van der Waals surface area contributed by atoms with Gasteiger partial charge in [-0.05, 0) is 25.8 Å². The summed E-state index contributed by atoms with van der Waals surface area (Å²) in [5.74, 6) is 0.959. The number of hydrogen-bond acceptors (Lipinski definition) is 2. The maximum atomic E-state index is 9.86. The SMILES string of the molecule is CC1(O)CCCc2occc21. The quantitative estimate of drug-likeness (QED) is 0.615. The van der Waals surface area contributed by atoms with Crippen LogP contribution in [0.5, 0.6) is 0 Å². The minimum absolute atomic E-state index is 0.652. The smallest absolute Gasteiger partial charge is 0.109 e. The van der Waals surface area contributed by atoms with E-state index < -0.39 is 5.60 Å². The highest BCUT2D eigenvalue weighted by molar-refractivity contribution is 5.26. The molecule has 1 N–H and O–H groups in total. The van der Waals surface area contributed by atoms with E-state index in [0.717, 1.165) is 30.6 Å². The van der Waals surface area contributed by atoms with E-state index in [1.807, 2.05) is 13.0 Å². The minimum Gasteiger partial charge on any atom is -0.469 e. The lowest BCUT2D eigenvalue weighted by atomic mass is 9.85. The Balaban J connectivity index is 2.48. The van der Waals surface area contributed by atoms with Crippen LogP contribution in [0.15, 0.2) is 16.7 Å². The van der Waals surface area contributed by atoms with Gasteiger partial charge in [0.05, 0.1) is 11.9 Å². The van der Waals surface area contributed by atoms with E-state index >= 15 is 0 Å². The average molecular weight is 152 g/mol. The van der Waals surface area contributed by atoms with Crippen molar-refractivity contribution >= 4 is 0 Å². The second-order valence-electron chi connectivity index (χ2n) is 3.38. The second kappa shape index (κ2) is 2.11. The summed E-state index contributed by atoms with van der Waals surface area (Å²) in [5, 5.41) is 9.86. The number of rotatable bonds is 0. The monoisotopic (exact) mass is 152 g/mol. The molecule has 1 unspecified atom stereocenters. The standard InChI is InChI=1S/C9H12O2/c1-9(10)5-2-3-8-7(9)4-6-11-8/h4,6,10H,2-3,5H2,1H3. The van der Waals surface area contributed by atoms with Crippen molar-refractivity contribution in [2.24, 2.45) is 0 Å². The highest BCUT2D eigenvalue weighted by Crippen LogP contribution is 2.35. The lowest BCUT2D eigenvalue weighted by Gasteiger charge is -2.27. The summed E-state index contributed by atoms with van der Waals surface area (Å²) in [7, 11) is 0. The van der Waals surface area contributed by atoms with Crippen LogP contribution in [0.1, 0.15) is 31.1 Å². The van der Waals surface area contributed by atoms with E-state index in [-0.39, 0.29) is 0 Å². The molecule has 0 fully saturated rings. The predicted molar refractivity (Wildman–Crippen MR) is 41.2 cm³/mol.